The van der Waals surface area contributed by atoms with Gasteiger partial charge in [-0.15, -0.1) is 0 Å². The van der Waals surface area contributed by atoms with Crippen molar-refractivity contribution in [3.05, 3.63) is 0 Å². The minimum atomic E-state index is -2.34. The Kier molecular flexibility index (Phi) is 11.3. The van der Waals surface area contributed by atoms with Crippen LogP contribution >= 0.6 is 0 Å². The lowest BCUT2D eigenvalue weighted by Gasteiger charge is -2.38. The second-order valence-electron chi connectivity index (χ2n) is 7.09. The molecule has 0 aromatic heterocycles. The number of hydrogen-bond acceptors (Lipinski definition) is 5. The van der Waals surface area contributed by atoms with E-state index in [9.17, 15) is 0 Å². The predicted octanol–water partition coefficient (Wildman–Crippen LogP) is 3.12. The number of hydrogen-bond donors (Lipinski definition) is 0. The van der Waals surface area contributed by atoms with Crippen molar-refractivity contribution in [3.63, 3.8) is 0 Å². The molecule has 0 aromatic carbocycles. The third-order valence-electron chi connectivity index (χ3n) is 5.75. The summed E-state index contributed by atoms with van der Waals surface area (Å²) in [5.41, 5.74) is 0. The molecule has 25 heavy (non-hydrogen) atoms. The first-order chi connectivity index (χ1) is 12.0. The lowest BCUT2D eigenvalue weighted by molar-refractivity contribution is 0.126. The summed E-state index contributed by atoms with van der Waals surface area (Å²) in [4.78, 5) is 2.65. The maximum atomic E-state index is 6.11. The second-order valence-corrected chi connectivity index (χ2v) is 16.9. The average Bonchev–Trinajstić information content (AvgIpc) is 3.06. The van der Waals surface area contributed by atoms with Crippen molar-refractivity contribution in [1.82, 2.24) is 9.47 Å². The molecule has 0 aromatic rings. The van der Waals surface area contributed by atoms with Gasteiger partial charge in [-0.2, -0.15) is 0 Å². The molecule has 0 radical (unpaired) electrons. The molecular weight excluding hydrogens is 364 g/mol. The molecule has 0 spiro atoms. The normalized spacial score (nSPS) is 18.0. The Labute approximate surface area is 160 Å². The van der Waals surface area contributed by atoms with Crippen molar-refractivity contribution in [2.45, 2.75) is 71.8 Å². The third-order valence-corrected chi connectivity index (χ3v) is 16.7. The molecule has 8 heteroatoms. The van der Waals surface area contributed by atoms with E-state index in [1.807, 2.05) is 20.4 Å². The van der Waals surface area contributed by atoms with E-state index < -0.39 is 26.8 Å². The van der Waals surface area contributed by atoms with Gasteiger partial charge in [0.05, 0.1) is 0 Å². The van der Waals surface area contributed by atoms with Gasteiger partial charge in [0.25, 0.3) is 0 Å². The second kappa shape index (κ2) is 12.0. The van der Waals surface area contributed by atoms with Crippen LogP contribution in [0.25, 0.3) is 0 Å². The van der Waals surface area contributed by atoms with Crippen molar-refractivity contribution >= 4 is 26.8 Å². The summed E-state index contributed by atoms with van der Waals surface area (Å²) < 4.78 is 20.5. The highest BCUT2D eigenvalue weighted by atomic mass is 28.4. The lowest BCUT2D eigenvalue weighted by Crippen LogP contribution is -2.51. The fraction of sp³-hybridized carbons (Fsp3) is 1.00. The molecular formula is C17H42N2O3Si3. The van der Waals surface area contributed by atoms with E-state index >= 15 is 0 Å². The summed E-state index contributed by atoms with van der Waals surface area (Å²) in [6, 6.07) is 5.41. The van der Waals surface area contributed by atoms with Crippen molar-refractivity contribution < 1.29 is 13.0 Å². The summed E-state index contributed by atoms with van der Waals surface area (Å²) >= 11 is 0. The van der Waals surface area contributed by atoms with E-state index in [1.54, 1.807) is 0 Å². The molecule has 0 N–H and O–H groups in total. The van der Waals surface area contributed by atoms with Crippen molar-refractivity contribution in [2.75, 3.05) is 39.5 Å². The van der Waals surface area contributed by atoms with Crippen molar-refractivity contribution in [3.8, 4) is 0 Å². The van der Waals surface area contributed by atoms with Crippen LogP contribution in [0.4, 0.5) is 0 Å². The lowest BCUT2D eigenvalue weighted by atomic mass is 10.4. The van der Waals surface area contributed by atoms with Gasteiger partial charge in [-0.3, -0.25) is 4.90 Å². The topological polar surface area (TPSA) is 34.2 Å². The molecule has 1 saturated heterocycles. The van der Waals surface area contributed by atoms with Crippen LogP contribution < -0.4 is 0 Å². The Bertz CT molecular complexity index is 346. The van der Waals surface area contributed by atoms with Gasteiger partial charge in [0.1, 0.15) is 8.24 Å². The molecule has 1 fully saturated rings. The number of nitrogens with zero attached hydrogens (tertiary/aromatic N) is 2. The third kappa shape index (κ3) is 7.17. The molecule has 0 atom stereocenters. The quantitative estimate of drug-likeness (QED) is 0.327. The molecule has 0 aliphatic carbocycles. The molecule has 1 aliphatic heterocycles. The SMILES string of the molecule is CCO[Si](C)(OCC)O[SiH2]CCCN1CCN([Si](CC)(CC)CC)C1. The summed E-state index contributed by atoms with van der Waals surface area (Å²) in [5, 5.41) is 0. The minimum Gasteiger partial charge on any atom is -0.421 e. The van der Waals surface area contributed by atoms with E-state index in [1.165, 1.54) is 56.9 Å². The molecule has 1 rings (SSSR count). The Morgan fingerprint density at radius 3 is 2.04 bits per heavy atom. The highest BCUT2D eigenvalue weighted by molar-refractivity contribution is 6.77. The largest absolute Gasteiger partial charge is 0.486 e. The van der Waals surface area contributed by atoms with Gasteiger partial charge in [-0.1, -0.05) is 20.8 Å². The van der Waals surface area contributed by atoms with Gasteiger partial charge in [0, 0.05) is 39.5 Å². The molecule has 0 unspecified atom stereocenters. The maximum absolute atomic E-state index is 6.11. The zero-order valence-corrected chi connectivity index (χ0v) is 21.0. The van der Waals surface area contributed by atoms with Crippen LogP contribution in [0, 0.1) is 0 Å². The Morgan fingerprint density at radius 2 is 1.52 bits per heavy atom. The molecule has 1 heterocycles. The standard InChI is InChI=1S/C17H42N2O3Si3/c1-7-20-24(6,21-8-2)22-23-16-12-13-18-14-15-19(17-18)25(9-3,10-4)11-5/h7-17,23H2,1-6H3. The molecule has 0 bridgehead atoms. The van der Waals surface area contributed by atoms with Crippen LogP contribution in [-0.4, -0.2) is 75.8 Å². The van der Waals surface area contributed by atoms with Gasteiger partial charge >= 0.3 is 8.80 Å². The van der Waals surface area contributed by atoms with Gasteiger partial charge < -0.3 is 17.5 Å². The molecule has 5 nitrogen and oxygen atoms in total. The Morgan fingerprint density at radius 1 is 0.920 bits per heavy atom. The van der Waals surface area contributed by atoms with Crippen molar-refractivity contribution in [1.29, 1.82) is 0 Å². The van der Waals surface area contributed by atoms with Gasteiger partial charge in [0.15, 0.2) is 9.76 Å². The fourth-order valence-corrected chi connectivity index (χ4v) is 12.2. The number of rotatable bonds is 14. The van der Waals surface area contributed by atoms with Gasteiger partial charge in [0.2, 0.25) is 0 Å². The summed E-state index contributed by atoms with van der Waals surface area (Å²) in [6.07, 6.45) is 1.25. The smallest absolute Gasteiger partial charge is 0.421 e. The molecule has 150 valence electrons. The Hall–Kier alpha value is 0.451. The Balaban J connectivity index is 2.27. The van der Waals surface area contributed by atoms with Crippen LogP contribution in [0.2, 0.25) is 30.7 Å². The van der Waals surface area contributed by atoms with Gasteiger partial charge in [-0.05, 0) is 51.0 Å². The van der Waals surface area contributed by atoms with E-state index in [0.717, 1.165) is 0 Å². The first-order valence-electron chi connectivity index (χ1n) is 10.4. The van der Waals surface area contributed by atoms with Crippen LogP contribution in [0.15, 0.2) is 0 Å². The highest BCUT2D eigenvalue weighted by Gasteiger charge is 2.38. The predicted molar refractivity (Wildman–Crippen MR) is 114 cm³/mol. The van der Waals surface area contributed by atoms with Crippen LogP contribution in [0.3, 0.4) is 0 Å². The zero-order valence-electron chi connectivity index (χ0n) is 17.6. The zero-order chi connectivity index (χ0) is 18.8. The average molecular weight is 407 g/mol. The van der Waals surface area contributed by atoms with E-state index in [-0.39, 0.29) is 0 Å². The fourth-order valence-electron chi connectivity index (χ4n) is 3.98. The minimum absolute atomic E-state index is 0.545. The highest BCUT2D eigenvalue weighted by Crippen LogP contribution is 2.27. The molecule has 0 amide bonds. The molecule has 0 saturated carbocycles. The van der Waals surface area contributed by atoms with Crippen LogP contribution in [0.5, 0.6) is 0 Å². The van der Waals surface area contributed by atoms with Crippen LogP contribution in [0.1, 0.15) is 41.0 Å². The first kappa shape index (κ1) is 23.5. The van der Waals surface area contributed by atoms with Crippen molar-refractivity contribution in [2.24, 2.45) is 0 Å². The van der Waals surface area contributed by atoms with Gasteiger partial charge in [-0.25, -0.2) is 0 Å². The first-order valence-corrected chi connectivity index (χ1v) is 16.7. The maximum Gasteiger partial charge on any atom is 0.486 e. The van der Waals surface area contributed by atoms with Crippen LogP contribution in [-0.2, 0) is 13.0 Å². The summed E-state index contributed by atoms with van der Waals surface area (Å²) in [5.74, 6) is 0. The van der Waals surface area contributed by atoms with E-state index in [4.69, 9.17) is 13.0 Å². The van der Waals surface area contributed by atoms with E-state index in [0.29, 0.717) is 13.2 Å². The van der Waals surface area contributed by atoms with E-state index in [2.05, 4.69) is 30.2 Å². The molecule has 1 aliphatic rings. The summed E-state index contributed by atoms with van der Waals surface area (Å²) in [7, 11) is -4.06. The summed E-state index contributed by atoms with van der Waals surface area (Å²) in [6.45, 7) is 19.6. The monoisotopic (exact) mass is 406 g/mol.